The summed E-state index contributed by atoms with van der Waals surface area (Å²) in [7, 11) is 0. The molecule has 1 fully saturated rings. The second-order valence-electron chi connectivity index (χ2n) is 7.97. The molecular formula is C24H21BrClF4N5O2. The summed E-state index contributed by atoms with van der Waals surface area (Å²) in [6.07, 6.45) is -3.20. The summed E-state index contributed by atoms with van der Waals surface area (Å²) in [5.74, 6) is 0.534. The van der Waals surface area contributed by atoms with Crippen molar-refractivity contribution in [1.82, 2.24) is 4.98 Å². The minimum absolute atomic E-state index is 0.117. The second kappa shape index (κ2) is 11.5. The van der Waals surface area contributed by atoms with E-state index in [0.717, 1.165) is 12.1 Å². The van der Waals surface area contributed by atoms with E-state index in [-0.39, 0.29) is 27.7 Å². The van der Waals surface area contributed by atoms with E-state index in [9.17, 15) is 22.7 Å². The van der Waals surface area contributed by atoms with Gasteiger partial charge in [-0.15, -0.1) is 0 Å². The molecule has 0 amide bonds. The van der Waals surface area contributed by atoms with Crippen LogP contribution < -0.4 is 15.6 Å². The van der Waals surface area contributed by atoms with E-state index in [1.165, 1.54) is 24.4 Å². The van der Waals surface area contributed by atoms with Crippen LogP contribution in [0.15, 0.2) is 52.0 Å². The zero-order valence-electron chi connectivity index (χ0n) is 19.1. The number of alkyl halides is 4. The van der Waals surface area contributed by atoms with E-state index in [4.69, 9.17) is 16.3 Å². The molecule has 1 aliphatic rings. The number of nitrogens with one attached hydrogen (secondary N) is 2. The largest absolute Gasteiger partial charge is 0.506 e. The Hall–Kier alpha value is -3.09. The van der Waals surface area contributed by atoms with Crippen molar-refractivity contribution in [2.75, 3.05) is 41.9 Å². The van der Waals surface area contributed by atoms with Gasteiger partial charge in [0, 0.05) is 34.4 Å². The van der Waals surface area contributed by atoms with Crippen molar-refractivity contribution in [3.05, 3.63) is 68.7 Å². The van der Waals surface area contributed by atoms with Gasteiger partial charge >= 0.3 is 6.18 Å². The minimum atomic E-state index is -4.50. The molecule has 3 aromatic rings. The van der Waals surface area contributed by atoms with Gasteiger partial charge in [0.05, 0.1) is 30.7 Å². The van der Waals surface area contributed by atoms with E-state index < -0.39 is 18.4 Å². The summed E-state index contributed by atoms with van der Waals surface area (Å²) in [6.45, 7) is 1.57. The van der Waals surface area contributed by atoms with Gasteiger partial charge in [-0.3, -0.25) is 5.43 Å². The third-order valence-corrected chi connectivity index (χ3v) is 6.47. The van der Waals surface area contributed by atoms with Crippen LogP contribution in [0, 0.1) is 0 Å². The fraction of sp³-hybridized carbons (Fsp3) is 0.250. The van der Waals surface area contributed by atoms with Crippen LogP contribution in [0.3, 0.4) is 0 Å². The molecule has 3 N–H and O–H groups in total. The predicted octanol–water partition coefficient (Wildman–Crippen LogP) is 6.72. The number of ether oxygens (including phenoxy) is 1. The van der Waals surface area contributed by atoms with Gasteiger partial charge in [0.25, 0.3) is 0 Å². The summed E-state index contributed by atoms with van der Waals surface area (Å²) in [5, 5.41) is 17.3. The number of hydrogen-bond donors (Lipinski definition) is 3. The lowest BCUT2D eigenvalue weighted by Crippen LogP contribution is -2.37. The van der Waals surface area contributed by atoms with Gasteiger partial charge in [-0.25, -0.2) is 9.37 Å². The van der Waals surface area contributed by atoms with Gasteiger partial charge < -0.3 is 20.1 Å². The molecule has 0 aliphatic carbocycles. The summed E-state index contributed by atoms with van der Waals surface area (Å²) >= 11 is 9.64. The Labute approximate surface area is 223 Å². The van der Waals surface area contributed by atoms with Crippen LogP contribution in [0.4, 0.5) is 40.6 Å². The van der Waals surface area contributed by atoms with E-state index in [1.54, 1.807) is 12.1 Å². The van der Waals surface area contributed by atoms with Gasteiger partial charge in [0.1, 0.15) is 29.1 Å². The number of pyridine rings is 1. The number of aromatic hydroxyl groups is 1. The first-order chi connectivity index (χ1) is 17.7. The number of anilines is 4. The highest BCUT2D eigenvalue weighted by Crippen LogP contribution is 2.41. The van der Waals surface area contributed by atoms with E-state index in [2.05, 4.69) is 36.8 Å². The average molecular weight is 603 g/mol. The van der Waals surface area contributed by atoms with Crippen molar-refractivity contribution in [3.63, 3.8) is 0 Å². The first-order valence-electron chi connectivity index (χ1n) is 11.0. The van der Waals surface area contributed by atoms with Crippen molar-refractivity contribution in [1.29, 1.82) is 0 Å². The lowest BCUT2D eigenvalue weighted by Gasteiger charge is -2.29. The number of hydrogen-bond acceptors (Lipinski definition) is 7. The fourth-order valence-corrected chi connectivity index (χ4v) is 4.53. The minimum Gasteiger partial charge on any atom is -0.506 e. The van der Waals surface area contributed by atoms with Gasteiger partial charge in [-0.1, -0.05) is 17.7 Å². The number of halogens is 6. The smallest absolute Gasteiger partial charge is 0.416 e. The maximum atomic E-state index is 13.5. The molecular weight excluding hydrogens is 582 g/mol. The van der Waals surface area contributed by atoms with Gasteiger partial charge in [-0.05, 0) is 52.3 Å². The summed E-state index contributed by atoms with van der Waals surface area (Å²) in [4.78, 5) is 6.40. The molecule has 2 aromatic carbocycles. The van der Waals surface area contributed by atoms with Crippen LogP contribution in [0.5, 0.6) is 5.75 Å². The summed E-state index contributed by atoms with van der Waals surface area (Å²) in [5.41, 5.74) is 2.93. The molecule has 1 aliphatic heterocycles. The molecule has 0 unspecified atom stereocenters. The van der Waals surface area contributed by atoms with Crippen molar-refractivity contribution in [2.45, 2.75) is 12.9 Å². The predicted molar refractivity (Wildman–Crippen MR) is 139 cm³/mol. The number of phenolic OH excluding ortho intramolecular Hbond substituents is 1. The second-order valence-corrected chi connectivity index (χ2v) is 9.20. The Morgan fingerprint density at radius 1 is 1.19 bits per heavy atom. The number of benzene rings is 2. The monoisotopic (exact) mass is 601 g/mol. The molecule has 0 atom stereocenters. The standard InChI is InChI=1S/C24H21BrClF4N5O2/c25-18-10-15(22(36)20(26)21(18)32-17-3-1-2-16(11-17)24(28,29)30)13-31-34-19-5-4-14(12-27)23(33-19)35-6-8-37-9-7-35/h1-5,10-11,13,32,36H,6-9,12H2,(H,33,34)/b31-13-. The van der Waals surface area contributed by atoms with Crippen LogP contribution in [-0.4, -0.2) is 42.6 Å². The third kappa shape index (κ3) is 6.43. The molecule has 1 saturated heterocycles. The Morgan fingerprint density at radius 3 is 2.65 bits per heavy atom. The molecule has 0 saturated carbocycles. The van der Waals surface area contributed by atoms with E-state index in [0.29, 0.717) is 48.0 Å². The average Bonchev–Trinajstić information content (AvgIpc) is 2.89. The maximum absolute atomic E-state index is 13.5. The first-order valence-corrected chi connectivity index (χ1v) is 12.2. The van der Waals surface area contributed by atoms with Crippen LogP contribution in [-0.2, 0) is 17.6 Å². The molecule has 0 radical (unpaired) electrons. The van der Waals surface area contributed by atoms with Crippen LogP contribution in [0.1, 0.15) is 16.7 Å². The number of nitrogens with zero attached hydrogens (tertiary/aromatic N) is 3. The highest BCUT2D eigenvalue weighted by atomic mass is 79.9. The number of morpholine rings is 1. The topological polar surface area (TPSA) is 82.0 Å². The molecule has 1 aromatic heterocycles. The third-order valence-electron chi connectivity index (χ3n) is 5.47. The first kappa shape index (κ1) is 27.0. The van der Waals surface area contributed by atoms with E-state index in [1.807, 2.05) is 4.90 Å². The van der Waals surface area contributed by atoms with Gasteiger partial charge in [0.15, 0.2) is 0 Å². The van der Waals surface area contributed by atoms with Crippen LogP contribution in [0.2, 0.25) is 5.02 Å². The van der Waals surface area contributed by atoms with Crippen LogP contribution >= 0.6 is 27.5 Å². The number of phenols is 1. The molecule has 0 bridgehead atoms. The Balaban J connectivity index is 1.52. The Bertz CT molecular complexity index is 1300. The molecule has 4 rings (SSSR count). The number of rotatable bonds is 7. The number of hydrazone groups is 1. The highest BCUT2D eigenvalue weighted by Gasteiger charge is 2.30. The molecule has 13 heteroatoms. The normalized spacial score (nSPS) is 14.3. The van der Waals surface area contributed by atoms with E-state index >= 15 is 0 Å². The summed E-state index contributed by atoms with van der Waals surface area (Å²) < 4.78 is 58.3. The quantitative estimate of drug-likeness (QED) is 0.158. The maximum Gasteiger partial charge on any atom is 0.416 e. The zero-order chi connectivity index (χ0) is 26.6. The molecule has 0 spiro atoms. The lowest BCUT2D eigenvalue weighted by atomic mass is 10.1. The molecule has 196 valence electrons. The molecule has 2 heterocycles. The fourth-order valence-electron chi connectivity index (χ4n) is 3.62. The SMILES string of the molecule is Oc1c(/C=N\Nc2ccc(CF)c(N3CCOCC3)n2)cc(Br)c(Nc2cccc(C(F)(F)F)c2)c1Cl. The lowest BCUT2D eigenvalue weighted by molar-refractivity contribution is -0.137. The zero-order valence-corrected chi connectivity index (χ0v) is 21.5. The number of aromatic nitrogens is 1. The Kier molecular flexibility index (Phi) is 8.40. The van der Waals surface area contributed by atoms with Crippen LogP contribution in [0.25, 0.3) is 0 Å². The summed E-state index contributed by atoms with van der Waals surface area (Å²) in [6, 6.07) is 9.30. The van der Waals surface area contributed by atoms with Crippen molar-refractivity contribution >= 4 is 56.8 Å². The van der Waals surface area contributed by atoms with Gasteiger partial charge in [-0.2, -0.15) is 18.3 Å². The molecule has 37 heavy (non-hydrogen) atoms. The van der Waals surface area contributed by atoms with Crippen molar-refractivity contribution in [3.8, 4) is 5.75 Å². The van der Waals surface area contributed by atoms with Gasteiger partial charge in [0.2, 0.25) is 0 Å². The van der Waals surface area contributed by atoms with Crippen molar-refractivity contribution in [2.24, 2.45) is 5.10 Å². The molecule has 7 nitrogen and oxygen atoms in total. The van der Waals surface area contributed by atoms with Crippen molar-refractivity contribution < 1.29 is 27.4 Å². The highest BCUT2D eigenvalue weighted by molar-refractivity contribution is 9.10. The Morgan fingerprint density at radius 2 is 1.95 bits per heavy atom.